The molecule has 17 heavy (non-hydrogen) atoms. The van der Waals surface area contributed by atoms with Crippen LogP contribution < -0.4 is 5.32 Å². The van der Waals surface area contributed by atoms with Crippen molar-refractivity contribution in [2.24, 2.45) is 0 Å². The van der Waals surface area contributed by atoms with E-state index < -0.39 is 0 Å². The van der Waals surface area contributed by atoms with Crippen molar-refractivity contribution in [3.8, 4) is 6.07 Å². The van der Waals surface area contributed by atoms with Crippen molar-refractivity contribution in [1.29, 1.82) is 5.26 Å². The molecule has 0 saturated carbocycles. The van der Waals surface area contributed by atoms with E-state index in [1.165, 1.54) is 19.4 Å². The Morgan fingerprint density at radius 2 is 2.24 bits per heavy atom. The van der Waals surface area contributed by atoms with Gasteiger partial charge in [0.1, 0.15) is 6.04 Å². The van der Waals surface area contributed by atoms with Crippen LogP contribution in [0.15, 0.2) is 0 Å². The molecule has 1 heterocycles. The van der Waals surface area contributed by atoms with Crippen LogP contribution in [0.25, 0.3) is 0 Å². The van der Waals surface area contributed by atoms with Crippen molar-refractivity contribution < 1.29 is 0 Å². The minimum atomic E-state index is -0.0627. The van der Waals surface area contributed by atoms with Gasteiger partial charge in [-0.15, -0.1) is 0 Å². The second kappa shape index (κ2) is 6.95. The quantitative estimate of drug-likeness (QED) is 0.773. The van der Waals surface area contributed by atoms with Crippen molar-refractivity contribution in [3.63, 3.8) is 0 Å². The summed E-state index contributed by atoms with van der Waals surface area (Å²) in [5, 5.41) is 12.4. The van der Waals surface area contributed by atoms with Gasteiger partial charge < -0.3 is 4.90 Å². The van der Waals surface area contributed by atoms with Crippen LogP contribution in [0, 0.1) is 11.3 Å². The van der Waals surface area contributed by atoms with Gasteiger partial charge in [0.05, 0.1) is 6.07 Å². The van der Waals surface area contributed by atoms with Gasteiger partial charge in [0.15, 0.2) is 0 Å². The largest absolute Gasteiger partial charge is 0.305 e. The highest BCUT2D eigenvalue weighted by atomic mass is 15.2. The van der Waals surface area contributed by atoms with Crippen LogP contribution in [-0.2, 0) is 0 Å². The number of likely N-dealkylation sites (tertiary alicyclic amines) is 1. The number of hydrogen-bond donors (Lipinski definition) is 1. The Balaban J connectivity index is 2.41. The third kappa shape index (κ3) is 5.03. The second-order valence-electron chi connectivity index (χ2n) is 5.50. The number of nitrogens with one attached hydrogen (secondary N) is 1. The molecule has 0 amide bonds. The van der Waals surface area contributed by atoms with Gasteiger partial charge in [0, 0.05) is 25.2 Å². The molecule has 4 nitrogen and oxygen atoms in total. The molecule has 0 bridgehead atoms. The van der Waals surface area contributed by atoms with Gasteiger partial charge in [0.25, 0.3) is 0 Å². The first-order valence-corrected chi connectivity index (χ1v) is 6.57. The number of likely N-dealkylation sites (N-methyl/N-ethyl adjacent to an activating group) is 2. The van der Waals surface area contributed by atoms with Gasteiger partial charge in [-0.1, -0.05) is 0 Å². The summed E-state index contributed by atoms with van der Waals surface area (Å²) in [6.07, 6.45) is 2.51. The van der Waals surface area contributed by atoms with E-state index in [0.29, 0.717) is 12.1 Å². The van der Waals surface area contributed by atoms with E-state index in [4.69, 9.17) is 5.26 Å². The lowest BCUT2D eigenvalue weighted by atomic mass is 10.0. The van der Waals surface area contributed by atoms with Gasteiger partial charge >= 0.3 is 0 Å². The molecule has 0 aromatic heterocycles. The zero-order valence-electron chi connectivity index (χ0n) is 11.6. The molecule has 1 aliphatic rings. The van der Waals surface area contributed by atoms with Crippen molar-refractivity contribution >= 4 is 0 Å². The molecule has 1 aliphatic heterocycles. The fourth-order valence-corrected chi connectivity index (χ4v) is 2.47. The van der Waals surface area contributed by atoms with E-state index in [1.807, 2.05) is 0 Å². The van der Waals surface area contributed by atoms with Crippen LogP contribution in [0.4, 0.5) is 0 Å². The number of nitriles is 1. The van der Waals surface area contributed by atoms with E-state index in [1.54, 1.807) is 0 Å². The lowest BCUT2D eigenvalue weighted by Crippen LogP contribution is -2.50. The third-order valence-corrected chi connectivity index (χ3v) is 3.38. The van der Waals surface area contributed by atoms with Gasteiger partial charge in [-0.05, 0) is 47.3 Å². The minimum absolute atomic E-state index is 0.0627. The predicted octanol–water partition coefficient (Wildman–Crippen LogP) is 0.903. The normalized spacial score (nSPS) is 23.9. The summed E-state index contributed by atoms with van der Waals surface area (Å²) < 4.78 is 0. The third-order valence-electron chi connectivity index (χ3n) is 3.38. The first kappa shape index (κ1) is 14.4. The molecule has 4 heteroatoms. The molecule has 1 rings (SSSR count). The number of nitrogens with zero attached hydrogens (tertiary/aromatic N) is 3. The summed E-state index contributed by atoms with van der Waals surface area (Å²) in [7, 11) is 4.31. The Morgan fingerprint density at radius 1 is 1.53 bits per heavy atom. The lowest BCUT2D eigenvalue weighted by molar-refractivity contribution is 0.129. The summed E-state index contributed by atoms with van der Waals surface area (Å²) in [5.74, 6) is 0. The molecule has 2 unspecified atom stereocenters. The van der Waals surface area contributed by atoms with Crippen molar-refractivity contribution in [1.82, 2.24) is 15.1 Å². The monoisotopic (exact) mass is 238 g/mol. The zero-order valence-corrected chi connectivity index (χ0v) is 11.6. The Bertz CT molecular complexity index is 259. The first-order chi connectivity index (χ1) is 8.02. The molecule has 1 N–H and O–H groups in total. The maximum atomic E-state index is 9.12. The summed E-state index contributed by atoms with van der Waals surface area (Å²) in [5.41, 5.74) is 0. The van der Waals surface area contributed by atoms with Gasteiger partial charge in [0.2, 0.25) is 0 Å². The van der Waals surface area contributed by atoms with E-state index in [2.05, 4.69) is 49.1 Å². The maximum Gasteiger partial charge on any atom is 0.108 e. The first-order valence-electron chi connectivity index (χ1n) is 6.57. The Kier molecular flexibility index (Phi) is 5.90. The molecule has 2 atom stereocenters. The highest BCUT2D eigenvalue weighted by molar-refractivity contribution is 4.94. The van der Waals surface area contributed by atoms with Crippen molar-refractivity contribution in [2.45, 2.75) is 44.8 Å². The van der Waals surface area contributed by atoms with Crippen molar-refractivity contribution in [2.75, 3.05) is 33.7 Å². The average molecular weight is 238 g/mol. The molecule has 0 aliphatic carbocycles. The molecule has 0 radical (unpaired) electrons. The van der Waals surface area contributed by atoms with E-state index in [0.717, 1.165) is 13.1 Å². The molecule has 0 spiro atoms. The fraction of sp³-hybridized carbons (Fsp3) is 0.923. The fourth-order valence-electron chi connectivity index (χ4n) is 2.47. The molecule has 98 valence electrons. The Labute approximate surface area is 106 Å². The summed E-state index contributed by atoms with van der Waals surface area (Å²) in [6.45, 7) is 7.30. The molecular weight excluding hydrogens is 212 g/mol. The standard InChI is InChI=1S/C13H26N4/c1-11(2)15-12(8-14)9-17(4)13-6-5-7-16(3)10-13/h11-13,15H,5-7,9-10H2,1-4H3. The second-order valence-corrected chi connectivity index (χ2v) is 5.50. The van der Waals surface area contributed by atoms with Crippen LogP contribution in [0.5, 0.6) is 0 Å². The Morgan fingerprint density at radius 3 is 2.76 bits per heavy atom. The van der Waals surface area contributed by atoms with Crippen LogP contribution in [0.2, 0.25) is 0 Å². The molecule has 0 aromatic carbocycles. The Hall–Kier alpha value is -0.630. The van der Waals surface area contributed by atoms with Crippen LogP contribution >= 0.6 is 0 Å². The zero-order chi connectivity index (χ0) is 12.8. The average Bonchev–Trinajstić information content (AvgIpc) is 2.27. The van der Waals surface area contributed by atoms with Crippen LogP contribution in [0.1, 0.15) is 26.7 Å². The van der Waals surface area contributed by atoms with Gasteiger partial charge in [-0.25, -0.2) is 0 Å². The topological polar surface area (TPSA) is 42.3 Å². The highest BCUT2D eigenvalue weighted by Gasteiger charge is 2.23. The van der Waals surface area contributed by atoms with Gasteiger partial charge in [-0.2, -0.15) is 5.26 Å². The van der Waals surface area contributed by atoms with Gasteiger partial charge in [-0.3, -0.25) is 10.2 Å². The lowest BCUT2D eigenvalue weighted by Gasteiger charge is -2.36. The van der Waals surface area contributed by atoms with Crippen molar-refractivity contribution in [3.05, 3.63) is 0 Å². The SMILES string of the molecule is CC(C)NC(C#N)CN(C)C1CCCN(C)C1. The van der Waals surface area contributed by atoms with Crippen LogP contribution in [-0.4, -0.2) is 61.7 Å². The number of piperidine rings is 1. The molecular formula is C13H26N4. The maximum absolute atomic E-state index is 9.12. The van der Waals surface area contributed by atoms with E-state index >= 15 is 0 Å². The summed E-state index contributed by atoms with van der Waals surface area (Å²) >= 11 is 0. The van der Waals surface area contributed by atoms with Crippen LogP contribution in [0.3, 0.4) is 0 Å². The molecule has 1 saturated heterocycles. The highest BCUT2D eigenvalue weighted by Crippen LogP contribution is 2.13. The molecule has 0 aromatic rings. The predicted molar refractivity (Wildman–Crippen MR) is 70.8 cm³/mol. The minimum Gasteiger partial charge on any atom is -0.305 e. The summed E-state index contributed by atoms with van der Waals surface area (Å²) in [4.78, 5) is 4.71. The number of hydrogen-bond acceptors (Lipinski definition) is 4. The summed E-state index contributed by atoms with van der Waals surface area (Å²) in [6, 6.07) is 3.24. The van der Waals surface area contributed by atoms with E-state index in [9.17, 15) is 0 Å². The van der Waals surface area contributed by atoms with E-state index in [-0.39, 0.29) is 6.04 Å². The molecule has 1 fully saturated rings. The number of rotatable bonds is 5. The smallest absolute Gasteiger partial charge is 0.108 e.